The van der Waals surface area contributed by atoms with Crippen LogP contribution in [-0.2, 0) is 14.9 Å². The molecule has 3 aromatic carbocycles. The van der Waals surface area contributed by atoms with Gasteiger partial charge in [0.25, 0.3) is 11.6 Å². The topological polar surface area (TPSA) is 128 Å². The molecule has 1 saturated heterocycles. The molecule has 0 aliphatic carbocycles. The normalized spacial score (nSPS) is 15.9. The lowest BCUT2D eigenvalue weighted by atomic mass is 10.2. The number of hydrogen-bond acceptors (Lipinski definition) is 8. The largest absolute Gasteiger partial charge is 0.379 e. The maximum atomic E-state index is 12.4. The third-order valence-electron chi connectivity index (χ3n) is 4.70. The lowest BCUT2D eigenvalue weighted by Crippen LogP contribution is -2.19. The Morgan fingerprint density at radius 2 is 1.77 bits per heavy atom. The molecule has 3 aromatic rings. The second-order valence-corrected chi connectivity index (χ2v) is 10.3. The van der Waals surface area contributed by atoms with Crippen molar-refractivity contribution >= 4 is 62.0 Å². The summed E-state index contributed by atoms with van der Waals surface area (Å²) in [7, 11) is -3.98. The number of aliphatic imine (C=N–C) groups is 1. The second kappa shape index (κ2) is 9.90. The highest BCUT2D eigenvalue weighted by Crippen LogP contribution is 2.34. The summed E-state index contributed by atoms with van der Waals surface area (Å²) in [6, 6.07) is 16.5. The molecule has 1 amide bonds. The molecule has 0 atom stereocenters. The third-order valence-corrected chi connectivity index (χ3v) is 7.11. The summed E-state index contributed by atoms with van der Waals surface area (Å²) < 4.78 is 30.1. The van der Waals surface area contributed by atoms with Crippen molar-refractivity contribution in [3.05, 3.63) is 97.9 Å². The zero-order valence-electron chi connectivity index (χ0n) is 18.0. The summed E-state index contributed by atoms with van der Waals surface area (Å²) >= 11 is 6.83. The zero-order valence-corrected chi connectivity index (χ0v) is 20.4. The highest BCUT2D eigenvalue weighted by Gasteiger charge is 2.25. The molecular weight excluding hydrogens is 514 g/mol. The molecule has 35 heavy (non-hydrogen) atoms. The number of nitro groups is 1. The highest BCUT2D eigenvalue weighted by molar-refractivity contribution is 8.18. The first-order valence-electron chi connectivity index (χ1n) is 9.95. The Morgan fingerprint density at radius 1 is 1.09 bits per heavy atom. The van der Waals surface area contributed by atoms with Gasteiger partial charge in [-0.15, -0.1) is 0 Å². The molecule has 0 spiro atoms. The van der Waals surface area contributed by atoms with Gasteiger partial charge >= 0.3 is 10.1 Å². The fourth-order valence-electron chi connectivity index (χ4n) is 2.98. The summed E-state index contributed by atoms with van der Waals surface area (Å²) in [5.41, 5.74) is 1.31. The monoisotopic (exact) mass is 529 g/mol. The van der Waals surface area contributed by atoms with E-state index in [1.807, 2.05) is 6.92 Å². The van der Waals surface area contributed by atoms with Gasteiger partial charge in [-0.05, 0) is 66.7 Å². The van der Waals surface area contributed by atoms with Crippen molar-refractivity contribution in [2.75, 3.05) is 0 Å². The lowest BCUT2D eigenvalue weighted by molar-refractivity contribution is -0.384. The molecule has 0 bridgehead atoms. The first-order chi connectivity index (χ1) is 16.6. The van der Waals surface area contributed by atoms with Crippen LogP contribution in [0.5, 0.6) is 5.75 Å². The van der Waals surface area contributed by atoms with Crippen LogP contribution < -0.4 is 9.50 Å². The van der Waals surface area contributed by atoms with Crippen LogP contribution in [0.3, 0.4) is 0 Å². The highest BCUT2D eigenvalue weighted by atomic mass is 35.5. The van der Waals surface area contributed by atoms with Crippen molar-refractivity contribution in [2.24, 2.45) is 4.99 Å². The molecule has 12 heteroatoms. The molecule has 178 valence electrons. The Kier molecular flexibility index (Phi) is 6.92. The van der Waals surface area contributed by atoms with E-state index in [9.17, 15) is 23.3 Å². The molecular formula is C23H16ClN3O6S2. The van der Waals surface area contributed by atoms with Gasteiger partial charge in [-0.2, -0.15) is 8.42 Å². The number of benzene rings is 3. The van der Waals surface area contributed by atoms with Crippen LogP contribution in [-0.4, -0.2) is 24.4 Å². The third kappa shape index (κ3) is 5.88. The Labute approximate surface area is 209 Å². The minimum absolute atomic E-state index is 0.0426. The van der Waals surface area contributed by atoms with E-state index >= 15 is 0 Å². The number of nitrogens with one attached hydrogen (secondary N) is 1. The number of nitro benzene ring substituents is 1. The molecule has 4 rings (SSSR count). The van der Waals surface area contributed by atoms with Crippen LogP contribution in [0.1, 0.15) is 11.1 Å². The Morgan fingerprint density at radius 3 is 2.43 bits per heavy atom. The van der Waals surface area contributed by atoms with E-state index in [4.69, 9.17) is 15.8 Å². The quantitative estimate of drug-likeness (QED) is 0.201. The molecule has 0 aromatic heterocycles. The standard InChI is InChI=1S/C23H16ClN3O6S2/c1-14-2-9-18(10-3-14)35(31,32)33-17-7-4-15(5-8-17)12-21-22(28)26-23(34-21)25-19-11-6-16(24)13-20(19)27(29)30/h2-13H,1H3,(H,25,26,28)/b21-12+. The second-order valence-electron chi connectivity index (χ2n) is 7.29. The molecule has 1 heterocycles. The fraction of sp³-hybridized carbons (Fsp3) is 0.0435. The van der Waals surface area contributed by atoms with Crippen LogP contribution in [0.25, 0.3) is 6.08 Å². The molecule has 0 unspecified atom stereocenters. The zero-order chi connectivity index (χ0) is 25.2. The number of carbonyl (C=O) groups is 1. The molecule has 0 saturated carbocycles. The first-order valence-corrected chi connectivity index (χ1v) is 12.6. The van der Waals surface area contributed by atoms with Gasteiger partial charge in [0.2, 0.25) is 0 Å². The van der Waals surface area contributed by atoms with Gasteiger partial charge < -0.3 is 9.50 Å². The number of thioether (sulfide) groups is 1. The number of halogens is 1. The van der Waals surface area contributed by atoms with E-state index in [0.717, 1.165) is 17.3 Å². The van der Waals surface area contributed by atoms with Crippen LogP contribution in [0, 0.1) is 17.0 Å². The van der Waals surface area contributed by atoms with Gasteiger partial charge in [0, 0.05) is 11.1 Å². The van der Waals surface area contributed by atoms with Crippen LogP contribution in [0.4, 0.5) is 11.4 Å². The van der Waals surface area contributed by atoms with E-state index in [1.54, 1.807) is 30.3 Å². The van der Waals surface area contributed by atoms with Crippen LogP contribution in [0.2, 0.25) is 5.02 Å². The molecule has 9 nitrogen and oxygen atoms in total. The van der Waals surface area contributed by atoms with Gasteiger partial charge in [-0.3, -0.25) is 14.9 Å². The van der Waals surface area contributed by atoms with Gasteiger partial charge in [0.05, 0.1) is 9.83 Å². The van der Waals surface area contributed by atoms with Crippen molar-refractivity contribution < 1.29 is 22.3 Å². The van der Waals surface area contributed by atoms with E-state index in [-0.39, 0.29) is 32.2 Å². The smallest absolute Gasteiger partial charge is 0.339 e. The number of nitrogens with zero attached hydrogens (tertiary/aromatic N) is 2. The predicted octanol–water partition coefficient (Wildman–Crippen LogP) is 5.22. The summed E-state index contributed by atoms with van der Waals surface area (Å²) in [4.78, 5) is 27.5. The Balaban J connectivity index is 1.50. The van der Waals surface area contributed by atoms with Crippen LogP contribution in [0.15, 0.2) is 81.5 Å². The van der Waals surface area contributed by atoms with Gasteiger partial charge in [-0.25, -0.2) is 4.99 Å². The lowest BCUT2D eigenvalue weighted by Gasteiger charge is -2.07. The maximum absolute atomic E-state index is 12.4. The molecule has 1 aliphatic rings. The average molecular weight is 530 g/mol. The number of amides is 1. The molecule has 1 aliphatic heterocycles. The van der Waals surface area contributed by atoms with E-state index in [1.165, 1.54) is 42.5 Å². The molecule has 1 N–H and O–H groups in total. The van der Waals surface area contributed by atoms with E-state index in [0.29, 0.717) is 10.5 Å². The number of amidine groups is 1. The van der Waals surface area contributed by atoms with Gasteiger partial charge in [-0.1, -0.05) is 41.4 Å². The summed E-state index contributed by atoms with van der Waals surface area (Å²) in [5, 5.41) is 14.2. The Bertz CT molecular complexity index is 1480. The van der Waals surface area contributed by atoms with Crippen molar-refractivity contribution in [3.63, 3.8) is 0 Å². The van der Waals surface area contributed by atoms with Crippen molar-refractivity contribution in [2.45, 2.75) is 11.8 Å². The van der Waals surface area contributed by atoms with Crippen LogP contribution >= 0.6 is 23.4 Å². The summed E-state index contributed by atoms with van der Waals surface area (Å²) in [5.74, 6) is -0.304. The first kappa shape index (κ1) is 24.5. The fourth-order valence-corrected chi connectivity index (χ4v) is 4.91. The predicted molar refractivity (Wildman–Crippen MR) is 134 cm³/mol. The number of hydrogen-bond donors (Lipinski definition) is 1. The minimum Gasteiger partial charge on any atom is -0.379 e. The van der Waals surface area contributed by atoms with E-state index in [2.05, 4.69) is 10.3 Å². The van der Waals surface area contributed by atoms with Gasteiger partial charge in [0.1, 0.15) is 16.3 Å². The van der Waals surface area contributed by atoms with Crippen molar-refractivity contribution in [1.29, 1.82) is 0 Å². The number of aryl methyl sites for hydroxylation is 1. The minimum atomic E-state index is -3.98. The number of carbonyl (C=O) groups excluding carboxylic acids is 1. The SMILES string of the molecule is Cc1ccc(S(=O)(=O)Oc2ccc(/C=C3/SC(=Nc4ccc(Cl)cc4[N+](=O)[O-])NC3=O)cc2)cc1. The molecule has 1 fully saturated rings. The average Bonchev–Trinajstić information content (AvgIpc) is 3.14. The van der Waals surface area contributed by atoms with E-state index < -0.39 is 20.9 Å². The summed E-state index contributed by atoms with van der Waals surface area (Å²) in [6.07, 6.45) is 1.58. The van der Waals surface area contributed by atoms with Crippen molar-refractivity contribution in [1.82, 2.24) is 5.32 Å². The Hall–Kier alpha value is -3.67. The van der Waals surface area contributed by atoms with Crippen molar-refractivity contribution in [3.8, 4) is 5.75 Å². The number of rotatable bonds is 6. The maximum Gasteiger partial charge on any atom is 0.339 e. The summed E-state index contributed by atoms with van der Waals surface area (Å²) in [6.45, 7) is 1.85. The van der Waals surface area contributed by atoms with Gasteiger partial charge in [0.15, 0.2) is 5.17 Å². The molecule has 0 radical (unpaired) electrons.